The first-order valence-electron chi connectivity index (χ1n) is 4.39. The second-order valence-electron chi connectivity index (χ2n) is 3.25. The van der Waals surface area contributed by atoms with Crippen molar-refractivity contribution in [2.75, 3.05) is 5.88 Å². The number of aryl methyl sites for hydroxylation is 1. The standard InChI is InChI=1S/C11H12BrClO/c1-8-2-3-9(6-12)10(4-8)5-11(14)7-13/h2-4H,5-7H2,1H3. The molecule has 0 N–H and O–H groups in total. The number of ketones is 1. The Hall–Kier alpha value is -0.340. The fourth-order valence-electron chi connectivity index (χ4n) is 1.31. The van der Waals surface area contributed by atoms with Crippen molar-refractivity contribution in [3.05, 3.63) is 34.9 Å². The van der Waals surface area contributed by atoms with E-state index in [9.17, 15) is 4.79 Å². The summed E-state index contributed by atoms with van der Waals surface area (Å²) in [5.74, 6) is 0.162. The fourth-order valence-corrected chi connectivity index (χ4v) is 1.95. The minimum Gasteiger partial charge on any atom is -0.298 e. The number of hydrogen-bond donors (Lipinski definition) is 0. The lowest BCUT2D eigenvalue weighted by atomic mass is 10.0. The summed E-state index contributed by atoms with van der Waals surface area (Å²) in [5.41, 5.74) is 3.41. The van der Waals surface area contributed by atoms with Crippen molar-refractivity contribution < 1.29 is 4.79 Å². The van der Waals surface area contributed by atoms with Crippen LogP contribution >= 0.6 is 27.5 Å². The van der Waals surface area contributed by atoms with Crippen LogP contribution in [0.25, 0.3) is 0 Å². The zero-order chi connectivity index (χ0) is 10.6. The van der Waals surface area contributed by atoms with E-state index in [0.717, 1.165) is 16.5 Å². The number of Topliss-reactive ketones (excluding diaryl/α,β-unsaturated/α-hetero) is 1. The topological polar surface area (TPSA) is 17.1 Å². The van der Waals surface area contributed by atoms with Gasteiger partial charge in [0.15, 0.2) is 5.78 Å². The molecule has 0 aromatic heterocycles. The summed E-state index contributed by atoms with van der Waals surface area (Å²) in [5, 5.41) is 0.776. The van der Waals surface area contributed by atoms with E-state index in [1.807, 2.05) is 25.1 Å². The molecule has 0 heterocycles. The summed E-state index contributed by atoms with van der Waals surface area (Å²) in [4.78, 5) is 11.2. The van der Waals surface area contributed by atoms with Crippen LogP contribution in [0.5, 0.6) is 0 Å². The van der Waals surface area contributed by atoms with Crippen LogP contribution in [0.2, 0.25) is 0 Å². The Morgan fingerprint density at radius 2 is 2.14 bits per heavy atom. The largest absolute Gasteiger partial charge is 0.298 e. The lowest BCUT2D eigenvalue weighted by Crippen LogP contribution is -2.06. The zero-order valence-corrected chi connectivity index (χ0v) is 10.4. The third-order valence-electron chi connectivity index (χ3n) is 2.04. The molecule has 3 heteroatoms. The average molecular weight is 276 g/mol. The molecule has 0 aliphatic rings. The number of carbonyl (C=O) groups is 1. The highest BCUT2D eigenvalue weighted by molar-refractivity contribution is 9.08. The number of hydrogen-bond acceptors (Lipinski definition) is 1. The third-order valence-corrected chi connectivity index (χ3v) is 2.94. The first kappa shape index (κ1) is 11.7. The minimum absolute atomic E-state index is 0.0690. The fraction of sp³-hybridized carbons (Fsp3) is 0.364. The van der Waals surface area contributed by atoms with E-state index in [-0.39, 0.29) is 11.7 Å². The van der Waals surface area contributed by atoms with Crippen molar-refractivity contribution in [2.45, 2.75) is 18.7 Å². The quantitative estimate of drug-likeness (QED) is 0.771. The van der Waals surface area contributed by atoms with Crippen LogP contribution in [0.3, 0.4) is 0 Å². The second-order valence-corrected chi connectivity index (χ2v) is 4.08. The lowest BCUT2D eigenvalue weighted by molar-refractivity contribution is -0.116. The van der Waals surface area contributed by atoms with Crippen LogP contribution in [0.15, 0.2) is 18.2 Å². The Labute approximate surface area is 97.6 Å². The van der Waals surface area contributed by atoms with Crippen molar-refractivity contribution in [1.82, 2.24) is 0 Å². The Balaban J connectivity index is 2.93. The van der Waals surface area contributed by atoms with E-state index >= 15 is 0 Å². The van der Waals surface area contributed by atoms with Crippen molar-refractivity contribution in [3.63, 3.8) is 0 Å². The molecule has 76 valence electrons. The molecule has 0 aliphatic heterocycles. The van der Waals surface area contributed by atoms with Gasteiger partial charge in [0.1, 0.15) is 0 Å². The molecule has 0 radical (unpaired) electrons. The van der Waals surface area contributed by atoms with Gasteiger partial charge in [0, 0.05) is 11.8 Å². The molecule has 1 aromatic rings. The van der Waals surface area contributed by atoms with E-state index in [1.54, 1.807) is 0 Å². The first-order valence-corrected chi connectivity index (χ1v) is 6.05. The molecular formula is C11H12BrClO. The van der Waals surface area contributed by atoms with Crippen LogP contribution in [0.1, 0.15) is 16.7 Å². The molecule has 1 rings (SSSR count). The SMILES string of the molecule is Cc1ccc(CBr)c(CC(=O)CCl)c1. The van der Waals surface area contributed by atoms with Crippen molar-refractivity contribution >= 4 is 33.3 Å². The maximum absolute atomic E-state index is 11.2. The van der Waals surface area contributed by atoms with Crippen molar-refractivity contribution in [3.8, 4) is 0 Å². The predicted molar refractivity (Wildman–Crippen MR) is 63.2 cm³/mol. The predicted octanol–water partition coefficient (Wildman–Crippen LogP) is 3.24. The Morgan fingerprint density at radius 3 is 2.71 bits per heavy atom. The maximum Gasteiger partial charge on any atom is 0.151 e. The number of carbonyl (C=O) groups excluding carboxylic acids is 1. The molecule has 1 aromatic carbocycles. The minimum atomic E-state index is 0.0690. The molecule has 14 heavy (non-hydrogen) atoms. The summed E-state index contributed by atoms with van der Waals surface area (Å²) in [6, 6.07) is 6.13. The summed E-state index contributed by atoms with van der Waals surface area (Å²) >= 11 is 8.88. The normalized spacial score (nSPS) is 10.2. The Morgan fingerprint density at radius 1 is 1.43 bits per heavy atom. The van der Waals surface area contributed by atoms with Crippen LogP contribution in [0.4, 0.5) is 0 Å². The highest BCUT2D eigenvalue weighted by atomic mass is 79.9. The smallest absolute Gasteiger partial charge is 0.151 e. The lowest BCUT2D eigenvalue weighted by Gasteiger charge is -2.06. The highest BCUT2D eigenvalue weighted by Crippen LogP contribution is 2.16. The zero-order valence-electron chi connectivity index (χ0n) is 8.02. The molecule has 0 spiro atoms. The summed E-state index contributed by atoms with van der Waals surface area (Å²) in [7, 11) is 0. The van der Waals surface area contributed by atoms with Gasteiger partial charge in [-0.2, -0.15) is 0 Å². The second kappa shape index (κ2) is 5.52. The molecule has 0 saturated carbocycles. The van der Waals surface area contributed by atoms with Crippen LogP contribution in [-0.2, 0) is 16.5 Å². The van der Waals surface area contributed by atoms with E-state index in [2.05, 4.69) is 15.9 Å². The Kier molecular flexibility index (Phi) is 4.63. The van der Waals surface area contributed by atoms with Gasteiger partial charge in [-0.1, -0.05) is 39.7 Å². The number of halogens is 2. The van der Waals surface area contributed by atoms with Gasteiger partial charge in [0.05, 0.1) is 5.88 Å². The molecule has 1 nitrogen and oxygen atoms in total. The highest BCUT2D eigenvalue weighted by Gasteiger charge is 2.06. The van der Waals surface area contributed by atoms with Gasteiger partial charge >= 0.3 is 0 Å². The van der Waals surface area contributed by atoms with Gasteiger partial charge in [-0.05, 0) is 18.1 Å². The average Bonchev–Trinajstić information content (AvgIpc) is 2.18. The molecular weight excluding hydrogens is 263 g/mol. The van der Waals surface area contributed by atoms with Crippen LogP contribution in [0, 0.1) is 6.92 Å². The van der Waals surface area contributed by atoms with E-state index in [4.69, 9.17) is 11.6 Å². The third kappa shape index (κ3) is 3.10. The van der Waals surface area contributed by atoms with Gasteiger partial charge in [0.2, 0.25) is 0 Å². The molecule has 0 saturated heterocycles. The molecule has 0 fully saturated rings. The van der Waals surface area contributed by atoms with Gasteiger partial charge < -0.3 is 0 Å². The maximum atomic E-state index is 11.2. The number of rotatable bonds is 4. The molecule has 0 bridgehead atoms. The molecule has 0 aliphatic carbocycles. The summed E-state index contributed by atoms with van der Waals surface area (Å²) in [6.45, 7) is 2.02. The van der Waals surface area contributed by atoms with Gasteiger partial charge in [-0.25, -0.2) is 0 Å². The van der Waals surface area contributed by atoms with Gasteiger partial charge in [0.25, 0.3) is 0 Å². The van der Waals surface area contributed by atoms with E-state index in [1.165, 1.54) is 5.56 Å². The van der Waals surface area contributed by atoms with Crippen molar-refractivity contribution in [2.24, 2.45) is 0 Å². The monoisotopic (exact) mass is 274 g/mol. The Bertz CT molecular complexity index is 336. The molecule has 0 unspecified atom stereocenters. The van der Waals surface area contributed by atoms with Gasteiger partial charge in [-0.15, -0.1) is 11.6 Å². The van der Waals surface area contributed by atoms with Crippen LogP contribution < -0.4 is 0 Å². The van der Waals surface area contributed by atoms with E-state index in [0.29, 0.717) is 6.42 Å². The van der Waals surface area contributed by atoms with Crippen molar-refractivity contribution in [1.29, 1.82) is 0 Å². The summed E-state index contributed by atoms with van der Waals surface area (Å²) in [6.07, 6.45) is 0.437. The summed E-state index contributed by atoms with van der Waals surface area (Å²) < 4.78 is 0. The molecule has 0 atom stereocenters. The molecule has 0 amide bonds. The van der Waals surface area contributed by atoms with Gasteiger partial charge in [-0.3, -0.25) is 4.79 Å². The van der Waals surface area contributed by atoms with E-state index < -0.39 is 0 Å². The number of benzene rings is 1. The van der Waals surface area contributed by atoms with Crippen LogP contribution in [-0.4, -0.2) is 11.7 Å². The number of alkyl halides is 2. The first-order chi connectivity index (χ1) is 6.67.